The molecular weight excluding hydrogens is 346 g/mol. The quantitative estimate of drug-likeness (QED) is 0.539. The van der Waals surface area contributed by atoms with Crippen molar-refractivity contribution in [3.63, 3.8) is 0 Å². The van der Waals surface area contributed by atoms with Crippen molar-refractivity contribution in [2.24, 2.45) is 0 Å². The fraction of sp³-hybridized carbons (Fsp3) is 0.261. The van der Waals surface area contributed by atoms with Gasteiger partial charge in [-0.1, -0.05) is 24.3 Å². The lowest BCUT2D eigenvalue weighted by Gasteiger charge is -2.33. The number of imidazole rings is 1. The molecule has 140 valence electrons. The first kappa shape index (κ1) is 16.9. The van der Waals surface area contributed by atoms with E-state index in [0.29, 0.717) is 5.92 Å². The second kappa shape index (κ2) is 7.43. The topological polar surface area (TPSA) is 46.8 Å². The van der Waals surface area contributed by atoms with Crippen LogP contribution in [0.2, 0.25) is 0 Å². The zero-order valence-corrected chi connectivity index (χ0v) is 15.8. The van der Waals surface area contributed by atoms with E-state index < -0.39 is 0 Å². The van der Waals surface area contributed by atoms with Gasteiger partial charge in [0.15, 0.2) is 0 Å². The Labute approximate surface area is 164 Å². The number of benzene rings is 1. The number of fused-ring (bicyclic) bond motifs is 1. The Morgan fingerprint density at radius 2 is 1.86 bits per heavy atom. The number of nitrogens with zero attached hydrogens (tertiary/aromatic N) is 5. The second-order valence-corrected chi connectivity index (χ2v) is 7.38. The van der Waals surface area contributed by atoms with Crippen molar-refractivity contribution in [2.75, 3.05) is 18.0 Å². The van der Waals surface area contributed by atoms with Gasteiger partial charge in [-0.25, -0.2) is 9.97 Å². The van der Waals surface area contributed by atoms with Crippen molar-refractivity contribution in [1.82, 2.24) is 19.5 Å². The van der Waals surface area contributed by atoms with Crippen LogP contribution in [-0.2, 0) is 6.54 Å². The largest absolute Gasteiger partial charge is 0.356 e. The number of aromatic nitrogens is 4. The van der Waals surface area contributed by atoms with Gasteiger partial charge < -0.3 is 9.47 Å². The molecule has 5 heteroatoms. The van der Waals surface area contributed by atoms with E-state index in [2.05, 4.69) is 57.0 Å². The molecule has 1 saturated heterocycles. The molecule has 0 saturated carbocycles. The fourth-order valence-corrected chi connectivity index (χ4v) is 4.11. The molecule has 0 radical (unpaired) electrons. The van der Waals surface area contributed by atoms with Gasteiger partial charge in [-0.2, -0.15) is 0 Å². The van der Waals surface area contributed by atoms with Gasteiger partial charge in [-0.3, -0.25) is 4.98 Å². The van der Waals surface area contributed by atoms with Crippen LogP contribution in [0.4, 0.5) is 5.82 Å². The Kier molecular flexibility index (Phi) is 4.49. The van der Waals surface area contributed by atoms with E-state index in [1.165, 1.54) is 5.39 Å². The lowest BCUT2D eigenvalue weighted by molar-refractivity contribution is 0.473. The van der Waals surface area contributed by atoms with E-state index in [-0.39, 0.29) is 0 Å². The van der Waals surface area contributed by atoms with Crippen LogP contribution in [0, 0.1) is 0 Å². The molecule has 0 spiro atoms. The SMILES string of the molecule is c1ccc(Cn2ccnc2C2CCCN(c3ccc4ccccc4n3)C2)nc1. The third-order valence-electron chi connectivity index (χ3n) is 5.50. The first-order valence-electron chi connectivity index (χ1n) is 9.88. The minimum absolute atomic E-state index is 0.403. The minimum atomic E-state index is 0.403. The predicted octanol–water partition coefficient (Wildman–Crippen LogP) is 4.26. The Morgan fingerprint density at radius 3 is 2.79 bits per heavy atom. The van der Waals surface area contributed by atoms with Gasteiger partial charge in [0.05, 0.1) is 17.8 Å². The van der Waals surface area contributed by atoms with Gasteiger partial charge in [0.2, 0.25) is 0 Å². The van der Waals surface area contributed by atoms with Crippen LogP contribution < -0.4 is 4.90 Å². The summed E-state index contributed by atoms with van der Waals surface area (Å²) in [5.41, 5.74) is 2.12. The molecule has 1 aromatic carbocycles. The molecule has 4 aromatic rings. The predicted molar refractivity (Wildman–Crippen MR) is 111 cm³/mol. The molecule has 0 amide bonds. The van der Waals surface area contributed by atoms with E-state index in [9.17, 15) is 0 Å². The van der Waals surface area contributed by atoms with Gasteiger partial charge >= 0.3 is 0 Å². The molecule has 28 heavy (non-hydrogen) atoms. The second-order valence-electron chi connectivity index (χ2n) is 7.38. The molecule has 1 unspecified atom stereocenters. The zero-order chi connectivity index (χ0) is 18.8. The maximum atomic E-state index is 4.89. The van der Waals surface area contributed by atoms with Crippen LogP contribution >= 0.6 is 0 Å². The molecular formula is C23H23N5. The standard InChI is InChI=1S/C23H23N5/c1-2-9-21-18(6-1)10-11-22(26-21)27-14-5-7-19(16-27)23-25-13-15-28(23)17-20-8-3-4-12-24-20/h1-4,6,8-13,15,19H,5,7,14,16-17H2. The van der Waals surface area contributed by atoms with Crippen LogP contribution in [-0.4, -0.2) is 32.6 Å². The highest BCUT2D eigenvalue weighted by Gasteiger charge is 2.25. The summed E-state index contributed by atoms with van der Waals surface area (Å²) in [5.74, 6) is 2.61. The maximum Gasteiger partial charge on any atom is 0.129 e. The van der Waals surface area contributed by atoms with E-state index in [1.54, 1.807) is 0 Å². The Balaban J connectivity index is 1.38. The Hall–Kier alpha value is -3.21. The molecule has 5 nitrogen and oxygen atoms in total. The highest BCUT2D eigenvalue weighted by molar-refractivity contribution is 5.80. The molecule has 0 aliphatic carbocycles. The number of rotatable bonds is 4. The summed E-state index contributed by atoms with van der Waals surface area (Å²) in [6.07, 6.45) is 8.13. The Bertz CT molecular complexity index is 1070. The van der Waals surface area contributed by atoms with E-state index in [4.69, 9.17) is 9.97 Å². The number of piperidine rings is 1. The van der Waals surface area contributed by atoms with Gasteiger partial charge in [0.1, 0.15) is 11.6 Å². The van der Waals surface area contributed by atoms with Crippen molar-refractivity contribution >= 4 is 16.7 Å². The highest BCUT2D eigenvalue weighted by Crippen LogP contribution is 2.29. The lowest BCUT2D eigenvalue weighted by atomic mass is 9.97. The summed E-state index contributed by atoms with van der Waals surface area (Å²) >= 11 is 0. The van der Waals surface area contributed by atoms with Gasteiger partial charge in [-0.15, -0.1) is 0 Å². The monoisotopic (exact) mass is 369 g/mol. The average molecular weight is 369 g/mol. The average Bonchev–Trinajstić information content (AvgIpc) is 3.22. The fourth-order valence-electron chi connectivity index (χ4n) is 4.11. The van der Waals surface area contributed by atoms with Gasteiger partial charge in [-0.05, 0) is 43.2 Å². The summed E-state index contributed by atoms with van der Waals surface area (Å²) in [7, 11) is 0. The molecule has 0 N–H and O–H groups in total. The number of hydrogen-bond acceptors (Lipinski definition) is 4. The van der Waals surface area contributed by atoms with E-state index in [0.717, 1.165) is 55.3 Å². The van der Waals surface area contributed by atoms with Crippen molar-refractivity contribution in [1.29, 1.82) is 0 Å². The van der Waals surface area contributed by atoms with Gasteiger partial charge in [0, 0.05) is 43.0 Å². The molecule has 4 heterocycles. The minimum Gasteiger partial charge on any atom is -0.356 e. The van der Waals surface area contributed by atoms with Crippen LogP contribution in [0.3, 0.4) is 0 Å². The normalized spacial score (nSPS) is 17.1. The molecule has 1 aliphatic heterocycles. The third-order valence-corrected chi connectivity index (χ3v) is 5.50. The molecule has 1 fully saturated rings. The van der Waals surface area contributed by atoms with Crippen molar-refractivity contribution in [2.45, 2.75) is 25.3 Å². The third kappa shape index (κ3) is 3.36. The van der Waals surface area contributed by atoms with Crippen LogP contribution in [0.1, 0.15) is 30.3 Å². The van der Waals surface area contributed by atoms with E-state index in [1.807, 2.05) is 30.6 Å². The Morgan fingerprint density at radius 1 is 0.929 bits per heavy atom. The summed E-state index contributed by atoms with van der Waals surface area (Å²) in [4.78, 5) is 16.5. The summed E-state index contributed by atoms with van der Waals surface area (Å²) < 4.78 is 2.24. The highest BCUT2D eigenvalue weighted by atomic mass is 15.2. The molecule has 1 aliphatic rings. The molecule has 0 bridgehead atoms. The van der Waals surface area contributed by atoms with E-state index >= 15 is 0 Å². The smallest absolute Gasteiger partial charge is 0.129 e. The molecule has 1 atom stereocenters. The zero-order valence-electron chi connectivity index (χ0n) is 15.8. The van der Waals surface area contributed by atoms with Crippen molar-refractivity contribution in [3.8, 4) is 0 Å². The van der Waals surface area contributed by atoms with Crippen molar-refractivity contribution < 1.29 is 0 Å². The number of para-hydroxylation sites is 1. The first-order chi connectivity index (χ1) is 13.9. The van der Waals surface area contributed by atoms with Crippen molar-refractivity contribution in [3.05, 3.63) is 84.7 Å². The van der Waals surface area contributed by atoms with Crippen LogP contribution in [0.5, 0.6) is 0 Å². The number of anilines is 1. The molecule has 5 rings (SSSR count). The summed E-state index contributed by atoms with van der Waals surface area (Å²) in [5, 5.41) is 1.19. The summed E-state index contributed by atoms with van der Waals surface area (Å²) in [6.45, 7) is 2.76. The maximum absolute atomic E-state index is 4.89. The first-order valence-corrected chi connectivity index (χ1v) is 9.88. The number of pyridine rings is 2. The van der Waals surface area contributed by atoms with Crippen LogP contribution in [0.25, 0.3) is 10.9 Å². The summed E-state index contributed by atoms with van der Waals surface area (Å²) in [6, 6.07) is 18.7. The lowest BCUT2D eigenvalue weighted by Crippen LogP contribution is -2.36. The van der Waals surface area contributed by atoms with Gasteiger partial charge in [0.25, 0.3) is 0 Å². The number of hydrogen-bond donors (Lipinski definition) is 0. The molecule has 3 aromatic heterocycles. The van der Waals surface area contributed by atoms with Crippen LogP contribution in [0.15, 0.2) is 73.2 Å².